The predicted molar refractivity (Wildman–Crippen MR) is 114 cm³/mol. The second-order valence-electron chi connectivity index (χ2n) is 6.46. The summed E-state index contributed by atoms with van der Waals surface area (Å²) in [6.45, 7) is 3.91. The summed E-state index contributed by atoms with van der Waals surface area (Å²) >= 11 is 1.33. The number of hydrogen-bond donors (Lipinski definition) is 1. The number of nitrogens with one attached hydrogen (secondary N) is 1. The van der Waals surface area contributed by atoms with Crippen LogP contribution in [0.3, 0.4) is 0 Å². The first-order valence-corrected chi connectivity index (χ1v) is 9.72. The van der Waals surface area contributed by atoms with Crippen LogP contribution in [-0.2, 0) is 0 Å². The zero-order chi connectivity index (χ0) is 21.3. The first-order chi connectivity index (χ1) is 14.4. The van der Waals surface area contributed by atoms with Crippen LogP contribution in [0.1, 0.15) is 11.1 Å². The number of ether oxygens (including phenoxy) is 2. The van der Waals surface area contributed by atoms with Gasteiger partial charge in [0.2, 0.25) is 5.82 Å². The maximum Gasteiger partial charge on any atom is 0.373 e. The van der Waals surface area contributed by atoms with Crippen LogP contribution in [-0.4, -0.2) is 27.0 Å². The first-order valence-electron chi connectivity index (χ1n) is 8.90. The van der Waals surface area contributed by atoms with Gasteiger partial charge >= 0.3 is 11.6 Å². The molecule has 0 aliphatic heterocycles. The lowest BCUT2D eigenvalue weighted by Crippen LogP contribution is -2.03. The van der Waals surface area contributed by atoms with Crippen molar-refractivity contribution in [3.63, 3.8) is 0 Å². The van der Waals surface area contributed by atoms with Gasteiger partial charge in [0, 0.05) is 0 Å². The van der Waals surface area contributed by atoms with E-state index in [9.17, 15) is 10.1 Å². The largest absolute Gasteiger partial charge is 0.497 e. The normalized spacial score (nSPS) is 10.8. The molecule has 0 unspecified atom stereocenters. The quantitative estimate of drug-likeness (QED) is 0.334. The van der Waals surface area contributed by atoms with E-state index in [1.807, 2.05) is 32.0 Å². The van der Waals surface area contributed by atoms with E-state index in [0.717, 1.165) is 21.3 Å². The third-order valence-corrected chi connectivity index (χ3v) is 5.42. The molecule has 0 bridgehead atoms. The Morgan fingerprint density at radius 3 is 2.60 bits per heavy atom. The van der Waals surface area contributed by atoms with Gasteiger partial charge < -0.3 is 14.8 Å². The molecule has 4 aromatic rings. The van der Waals surface area contributed by atoms with Crippen molar-refractivity contribution in [2.24, 2.45) is 0 Å². The summed E-state index contributed by atoms with van der Waals surface area (Å²) in [5, 5.41) is 15.1. The number of nitrogens with zero attached hydrogens (tertiary/aromatic N) is 4. The minimum atomic E-state index is -0.574. The lowest BCUT2D eigenvalue weighted by atomic mass is 10.1. The van der Waals surface area contributed by atoms with Gasteiger partial charge in [0.15, 0.2) is 5.13 Å². The summed E-state index contributed by atoms with van der Waals surface area (Å²) in [6.07, 6.45) is 1.21. The molecule has 0 radical (unpaired) electrons. The van der Waals surface area contributed by atoms with Gasteiger partial charge in [-0.2, -0.15) is 4.98 Å². The van der Waals surface area contributed by atoms with Crippen molar-refractivity contribution in [2.75, 3.05) is 12.4 Å². The van der Waals surface area contributed by atoms with Gasteiger partial charge in [0.25, 0.3) is 0 Å². The highest BCUT2D eigenvalue weighted by atomic mass is 32.1. The fourth-order valence-electron chi connectivity index (χ4n) is 2.77. The van der Waals surface area contributed by atoms with Crippen molar-refractivity contribution in [1.82, 2.24) is 15.0 Å². The summed E-state index contributed by atoms with van der Waals surface area (Å²) in [4.78, 5) is 23.6. The highest BCUT2D eigenvalue weighted by Crippen LogP contribution is 2.37. The van der Waals surface area contributed by atoms with Crippen LogP contribution in [0.2, 0.25) is 0 Å². The zero-order valence-corrected chi connectivity index (χ0v) is 17.2. The average molecular weight is 423 g/mol. The lowest BCUT2D eigenvalue weighted by molar-refractivity contribution is -0.385. The van der Waals surface area contributed by atoms with E-state index in [1.54, 1.807) is 25.3 Å². The second-order valence-corrected chi connectivity index (χ2v) is 7.49. The molecule has 30 heavy (non-hydrogen) atoms. The molecule has 152 valence electrons. The number of aryl methyl sites for hydroxylation is 2. The van der Waals surface area contributed by atoms with Gasteiger partial charge in [-0.1, -0.05) is 17.4 Å². The number of benzene rings is 2. The van der Waals surface area contributed by atoms with Crippen LogP contribution in [0.4, 0.5) is 16.6 Å². The maximum atomic E-state index is 11.8. The van der Waals surface area contributed by atoms with Crippen molar-refractivity contribution < 1.29 is 14.4 Å². The first kappa shape index (κ1) is 19.5. The molecule has 0 fully saturated rings. The molecule has 0 spiro atoms. The smallest absolute Gasteiger partial charge is 0.373 e. The van der Waals surface area contributed by atoms with E-state index >= 15 is 0 Å². The van der Waals surface area contributed by atoms with Crippen LogP contribution in [0.25, 0.3) is 10.2 Å². The molecule has 0 aliphatic carbocycles. The topological polar surface area (TPSA) is 112 Å². The number of methoxy groups -OCH3 is 1. The molecule has 2 aromatic heterocycles. The Morgan fingerprint density at radius 2 is 1.87 bits per heavy atom. The van der Waals surface area contributed by atoms with E-state index < -0.39 is 4.92 Å². The van der Waals surface area contributed by atoms with Crippen molar-refractivity contribution in [3.8, 4) is 17.4 Å². The minimum Gasteiger partial charge on any atom is -0.497 e. The Balaban J connectivity index is 1.69. The van der Waals surface area contributed by atoms with Crippen LogP contribution < -0.4 is 14.8 Å². The molecule has 0 aliphatic rings. The highest BCUT2D eigenvalue weighted by molar-refractivity contribution is 7.22. The molecule has 9 nitrogen and oxygen atoms in total. The zero-order valence-electron chi connectivity index (χ0n) is 16.4. The fraction of sp³-hybridized carbons (Fsp3) is 0.150. The van der Waals surface area contributed by atoms with Crippen molar-refractivity contribution in [1.29, 1.82) is 0 Å². The van der Waals surface area contributed by atoms with Gasteiger partial charge in [-0.15, -0.1) is 0 Å². The standard InChI is InChI=1S/C20H17N5O4S/c1-11-4-5-14(8-12(11)2)29-19-17(25(26)27)18(21-10-22-19)24-20-23-15-7-6-13(28-3)9-16(15)30-20/h4-10H,1-3H3,(H,21,22,23,24). The van der Waals surface area contributed by atoms with Gasteiger partial charge in [-0.25, -0.2) is 9.97 Å². The Kier molecular flexibility index (Phi) is 5.15. The fourth-order valence-corrected chi connectivity index (χ4v) is 3.66. The van der Waals surface area contributed by atoms with Crippen LogP contribution in [0.5, 0.6) is 17.4 Å². The summed E-state index contributed by atoms with van der Waals surface area (Å²) in [5.41, 5.74) is 2.47. The van der Waals surface area contributed by atoms with Crippen molar-refractivity contribution >= 4 is 38.2 Å². The number of fused-ring (bicyclic) bond motifs is 1. The summed E-state index contributed by atoms with van der Waals surface area (Å²) in [6, 6.07) is 10.9. The minimum absolute atomic E-state index is 0.000135. The number of hydrogen-bond acceptors (Lipinski definition) is 9. The Morgan fingerprint density at radius 1 is 1.07 bits per heavy atom. The molecular formula is C20H17N5O4S. The Labute approximate surface area is 175 Å². The van der Waals surface area contributed by atoms with Crippen molar-refractivity contribution in [3.05, 3.63) is 64.0 Å². The van der Waals surface area contributed by atoms with E-state index in [-0.39, 0.29) is 17.4 Å². The van der Waals surface area contributed by atoms with E-state index in [0.29, 0.717) is 16.6 Å². The molecule has 0 amide bonds. The number of nitro groups is 1. The lowest BCUT2D eigenvalue weighted by Gasteiger charge is -2.09. The number of rotatable bonds is 6. The summed E-state index contributed by atoms with van der Waals surface area (Å²) in [7, 11) is 1.59. The molecule has 4 rings (SSSR count). The molecule has 0 saturated heterocycles. The molecule has 0 atom stereocenters. The van der Waals surface area contributed by atoms with Crippen LogP contribution in [0, 0.1) is 24.0 Å². The number of anilines is 2. The van der Waals surface area contributed by atoms with E-state index in [2.05, 4.69) is 20.3 Å². The SMILES string of the molecule is COc1ccc2nc(Nc3ncnc(Oc4ccc(C)c(C)c4)c3[N+](=O)[O-])sc2c1. The summed E-state index contributed by atoms with van der Waals surface area (Å²) in [5.74, 6) is 1.01. The molecule has 2 heterocycles. The second kappa shape index (κ2) is 7.91. The Hall–Kier alpha value is -3.79. The third-order valence-electron chi connectivity index (χ3n) is 4.49. The van der Waals surface area contributed by atoms with E-state index in [1.165, 1.54) is 17.7 Å². The van der Waals surface area contributed by atoms with Crippen LogP contribution in [0.15, 0.2) is 42.7 Å². The van der Waals surface area contributed by atoms with Gasteiger partial charge in [-0.3, -0.25) is 10.1 Å². The average Bonchev–Trinajstić information content (AvgIpc) is 3.12. The molecule has 2 aromatic carbocycles. The summed E-state index contributed by atoms with van der Waals surface area (Å²) < 4.78 is 11.8. The van der Waals surface area contributed by atoms with E-state index in [4.69, 9.17) is 9.47 Å². The van der Waals surface area contributed by atoms with Crippen molar-refractivity contribution in [2.45, 2.75) is 13.8 Å². The molecule has 10 heteroatoms. The van der Waals surface area contributed by atoms with Gasteiger partial charge in [0.05, 0.1) is 22.2 Å². The van der Waals surface area contributed by atoms with Gasteiger partial charge in [-0.05, 0) is 55.3 Å². The number of aromatic nitrogens is 3. The Bertz CT molecular complexity index is 1260. The highest BCUT2D eigenvalue weighted by Gasteiger charge is 2.26. The maximum absolute atomic E-state index is 11.8. The third kappa shape index (κ3) is 3.85. The predicted octanol–water partition coefficient (Wildman–Crippen LogP) is 5.16. The number of thiazole rings is 1. The van der Waals surface area contributed by atoms with Crippen LogP contribution >= 0.6 is 11.3 Å². The molecule has 0 saturated carbocycles. The van der Waals surface area contributed by atoms with Gasteiger partial charge in [0.1, 0.15) is 17.8 Å². The molecular weight excluding hydrogens is 406 g/mol. The molecule has 1 N–H and O–H groups in total. The monoisotopic (exact) mass is 423 g/mol.